The summed E-state index contributed by atoms with van der Waals surface area (Å²) in [4.78, 5) is 12.9. The zero-order chi connectivity index (χ0) is 13.7. The van der Waals surface area contributed by atoms with Crippen molar-refractivity contribution < 1.29 is 4.79 Å². The Bertz CT molecular complexity index is 551. The van der Waals surface area contributed by atoms with Gasteiger partial charge in [0.2, 0.25) is 0 Å². The van der Waals surface area contributed by atoms with Crippen LogP contribution in [-0.2, 0) is 6.54 Å². The van der Waals surface area contributed by atoms with E-state index in [-0.39, 0.29) is 5.91 Å². The lowest BCUT2D eigenvalue weighted by atomic mass is 10.2. The number of hydrogen-bond acceptors (Lipinski definition) is 3. The minimum Gasteiger partial charge on any atom is -0.380 e. The minimum atomic E-state index is -0.0324. The van der Waals surface area contributed by atoms with Crippen LogP contribution in [0.15, 0.2) is 40.2 Å². The smallest absolute Gasteiger partial charge is 0.251 e. The number of hydrogen-bond donors (Lipinski definition) is 2. The first-order valence-electron chi connectivity index (χ1n) is 6.04. The average molecular weight is 339 g/mol. The van der Waals surface area contributed by atoms with Gasteiger partial charge in [0.05, 0.1) is 6.54 Å². The molecular weight excluding hydrogens is 324 g/mol. The third-order valence-corrected chi connectivity index (χ3v) is 4.55. The van der Waals surface area contributed by atoms with Crippen LogP contribution in [0.4, 0.5) is 5.69 Å². The molecule has 2 N–H and O–H groups in total. The molecule has 2 rings (SSSR count). The fraction of sp³-hybridized carbons (Fsp3) is 0.214. The van der Waals surface area contributed by atoms with Gasteiger partial charge in [0.25, 0.3) is 5.91 Å². The molecule has 100 valence electrons. The van der Waals surface area contributed by atoms with Gasteiger partial charge in [-0.1, -0.05) is 0 Å². The summed E-state index contributed by atoms with van der Waals surface area (Å²) in [7, 11) is 0. The Balaban J connectivity index is 1.95. The molecule has 0 radical (unpaired) electrons. The van der Waals surface area contributed by atoms with Gasteiger partial charge in [-0.25, -0.2) is 0 Å². The van der Waals surface area contributed by atoms with Crippen molar-refractivity contribution in [3.8, 4) is 0 Å². The first-order valence-corrected chi connectivity index (χ1v) is 7.72. The molecule has 0 saturated heterocycles. The Labute approximate surface area is 125 Å². The zero-order valence-electron chi connectivity index (χ0n) is 10.6. The Hall–Kier alpha value is -1.33. The van der Waals surface area contributed by atoms with Crippen LogP contribution in [0, 0.1) is 0 Å². The summed E-state index contributed by atoms with van der Waals surface area (Å²) in [5.74, 6) is -0.0324. The molecule has 19 heavy (non-hydrogen) atoms. The highest BCUT2D eigenvalue weighted by atomic mass is 79.9. The van der Waals surface area contributed by atoms with Gasteiger partial charge in [-0.2, -0.15) is 0 Å². The van der Waals surface area contributed by atoms with E-state index in [0.29, 0.717) is 12.1 Å². The van der Waals surface area contributed by atoms with E-state index >= 15 is 0 Å². The number of benzene rings is 1. The van der Waals surface area contributed by atoms with Crippen LogP contribution in [0.1, 0.15) is 22.2 Å². The van der Waals surface area contributed by atoms with Gasteiger partial charge in [-0.15, -0.1) is 11.3 Å². The summed E-state index contributed by atoms with van der Waals surface area (Å²) in [6.45, 7) is 3.33. The maximum atomic E-state index is 11.6. The molecule has 0 aliphatic heterocycles. The molecule has 0 atom stereocenters. The Morgan fingerprint density at radius 3 is 2.58 bits per heavy atom. The standard InChI is InChI=1S/C14H15BrN2OS/c1-2-16-14(18)10-3-5-11(6-4-10)17-9-13-12(15)7-8-19-13/h3-8,17H,2,9H2,1H3,(H,16,18). The number of thiophene rings is 1. The van der Waals surface area contributed by atoms with E-state index in [9.17, 15) is 4.79 Å². The number of carbonyl (C=O) groups excluding carboxylic acids is 1. The van der Waals surface area contributed by atoms with Crippen molar-refractivity contribution in [2.45, 2.75) is 13.5 Å². The summed E-state index contributed by atoms with van der Waals surface area (Å²) in [6.07, 6.45) is 0. The van der Waals surface area contributed by atoms with E-state index in [0.717, 1.165) is 16.7 Å². The molecule has 0 saturated carbocycles. The third kappa shape index (κ3) is 3.81. The van der Waals surface area contributed by atoms with Crippen LogP contribution >= 0.6 is 27.3 Å². The molecule has 0 bridgehead atoms. The highest BCUT2D eigenvalue weighted by Crippen LogP contribution is 2.23. The molecule has 1 heterocycles. The molecule has 5 heteroatoms. The third-order valence-electron chi connectivity index (χ3n) is 2.63. The molecule has 1 aromatic carbocycles. The van der Waals surface area contributed by atoms with Crippen molar-refractivity contribution in [3.63, 3.8) is 0 Å². The lowest BCUT2D eigenvalue weighted by Gasteiger charge is -2.07. The highest BCUT2D eigenvalue weighted by Gasteiger charge is 2.04. The average Bonchev–Trinajstić information content (AvgIpc) is 2.83. The van der Waals surface area contributed by atoms with Gasteiger partial charge in [0, 0.05) is 27.1 Å². The van der Waals surface area contributed by atoms with E-state index in [1.807, 2.05) is 37.3 Å². The van der Waals surface area contributed by atoms with Crippen LogP contribution in [0.2, 0.25) is 0 Å². The van der Waals surface area contributed by atoms with Gasteiger partial charge in [0.1, 0.15) is 0 Å². The van der Waals surface area contributed by atoms with E-state index in [2.05, 4.69) is 31.9 Å². The molecule has 0 unspecified atom stereocenters. The molecule has 0 spiro atoms. The number of amides is 1. The monoisotopic (exact) mass is 338 g/mol. The van der Waals surface area contributed by atoms with Crippen molar-refractivity contribution in [1.82, 2.24) is 5.32 Å². The zero-order valence-corrected chi connectivity index (χ0v) is 13.0. The second kappa shape index (κ2) is 6.73. The van der Waals surface area contributed by atoms with E-state index < -0.39 is 0 Å². The summed E-state index contributed by atoms with van der Waals surface area (Å²) in [6, 6.07) is 9.55. The number of anilines is 1. The molecular formula is C14H15BrN2OS. The van der Waals surface area contributed by atoms with Crippen LogP contribution < -0.4 is 10.6 Å². The highest BCUT2D eigenvalue weighted by molar-refractivity contribution is 9.10. The number of rotatable bonds is 5. The summed E-state index contributed by atoms with van der Waals surface area (Å²) >= 11 is 5.22. The Kier molecular flexibility index (Phi) is 4.99. The van der Waals surface area contributed by atoms with Gasteiger partial charge < -0.3 is 10.6 Å². The quantitative estimate of drug-likeness (QED) is 0.868. The van der Waals surface area contributed by atoms with Gasteiger partial charge in [-0.05, 0) is 58.6 Å². The van der Waals surface area contributed by atoms with Crippen molar-refractivity contribution in [1.29, 1.82) is 0 Å². The van der Waals surface area contributed by atoms with Crippen molar-refractivity contribution in [2.24, 2.45) is 0 Å². The van der Waals surface area contributed by atoms with Crippen LogP contribution in [-0.4, -0.2) is 12.5 Å². The van der Waals surface area contributed by atoms with Crippen molar-refractivity contribution in [3.05, 3.63) is 50.6 Å². The van der Waals surface area contributed by atoms with E-state index in [1.165, 1.54) is 4.88 Å². The molecule has 3 nitrogen and oxygen atoms in total. The predicted octanol–water partition coefficient (Wildman–Crippen LogP) is 3.87. The van der Waals surface area contributed by atoms with Crippen molar-refractivity contribution >= 4 is 38.9 Å². The Morgan fingerprint density at radius 2 is 2.00 bits per heavy atom. The normalized spacial score (nSPS) is 10.2. The predicted molar refractivity (Wildman–Crippen MR) is 83.8 cm³/mol. The molecule has 0 fully saturated rings. The second-order valence-electron chi connectivity index (χ2n) is 3.98. The lowest BCUT2D eigenvalue weighted by Crippen LogP contribution is -2.22. The van der Waals surface area contributed by atoms with E-state index in [1.54, 1.807) is 11.3 Å². The molecule has 0 aliphatic rings. The number of carbonyl (C=O) groups is 1. The fourth-order valence-electron chi connectivity index (χ4n) is 1.64. The molecule has 1 amide bonds. The van der Waals surface area contributed by atoms with Crippen LogP contribution in [0.25, 0.3) is 0 Å². The molecule has 1 aromatic heterocycles. The fourth-order valence-corrected chi connectivity index (χ4v) is 3.07. The van der Waals surface area contributed by atoms with Crippen molar-refractivity contribution in [2.75, 3.05) is 11.9 Å². The topological polar surface area (TPSA) is 41.1 Å². The summed E-state index contributed by atoms with van der Waals surface area (Å²) < 4.78 is 1.13. The summed E-state index contributed by atoms with van der Waals surface area (Å²) in [5.41, 5.74) is 1.69. The number of nitrogens with one attached hydrogen (secondary N) is 2. The van der Waals surface area contributed by atoms with E-state index in [4.69, 9.17) is 0 Å². The number of halogens is 1. The van der Waals surface area contributed by atoms with Gasteiger partial charge in [-0.3, -0.25) is 4.79 Å². The maximum absolute atomic E-state index is 11.6. The molecule has 2 aromatic rings. The summed E-state index contributed by atoms with van der Waals surface area (Å²) in [5, 5.41) is 8.17. The largest absolute Gasteiger partial charge is 0.380 e. The van der Waals surface area contributed by atoms with Crippen LogP contribution in [0.5, 0.6) is 0 Å². The first-order chi connectivity index (χ1) is 9.20. The van der Waals surface area contributed by atoms with Gasteiger partial charge in [0.15, 0.2) is 0 Å². The van der Waals surface area contributed by atoms with Gasteiger partial charge >= 0.3 is 0 Å². The molecule has 0 aliphatic carbocycles. The minimum absolute atomic E-state index is 0.0324. The second-order valence-corrected chi connectivity index (χ2v) is 5.84. The Morgan fingerprint density at radius 1 is 1.26 bits per heavy atom. The maximum Gasteiger partial charge on any atom is 0.251 e. The SMILES string of the molecule is CCNC(=O)c1ccc(NCc2sccc2Br)cc1. The van der Waals surface area contributed by atoms with Crippen LogP contribution in [0.3, 0.4) is 0 Å². The lowest BCUT2D eigenvalue weighted by molar-refractivity contribution is 0.0956. The first kappa shape index (κ1) is 14.1.